The number of amides is 7. The summed E-state index contributed by atoms with van der Waals surface area (Å²) in [5.74, 6) is 0.920. The number of unbranched alkanes of at least 4 members (excludes halogenated alkanes) is 1. The largest absolute Gasteiger partial charge is 0.379 e. The number of nitrogens with two attached hydrogens (primary N) is 1. The number of primary amides is 1. The Labute approximate surface area is 563 Å². The van der Waals surface area contributed by atoms with Crippen LogP contribution >= 0.6 is 11.8 Å². The van der Waals surface area contributed by atoms with Crippen molar-refractivity contribution in [1.29, 1.82) is 0 Å². The number of likely N-dealkylation sites (tertiary alicyclic amines) is 1. The lowest BCUT2D eigenvalue weighted by Gasteiger charge is -2.41. The number of nitrogens with one attached hydrogen (secondary N) is 4. The van der Waals surface area contributed by atoms with Crippen molar-refractivity contribution in [2.45, 2.75) is 194 Å². The lowest BCUT2D eigenvalue weighted by Crippen LogP contribution is -2.54. The maximum absolute atomic E-state index is 14.7. The molecule has 21 nitrogen and oxygen atoms in total. The molecule has 0 spiro atoms. The molecule has 7 amide bonds. The molecule has 3 aromatic rings. The monoisotopic (exact) mass is 1320 g/mol. The van der Waals surface area contributed by atoms with Crippen LogP contribution in [-0.4, -0.2) is 169 Å². The number of hydrogen-bond acceptors (Lipinski definition) is 15. The van der Waals surface area contributed by atoms with Gasteiger partial charge in [-0.25, -0.2) is 14.8 Å². The quantitative estimate of drug-likeness (QED) is 0.0154. The maximum Gasteiger partial charge on any atom is 0.312 e. The van der Waals surface area contributed by atoms with Crippen molar-refractivity contribution in [2.24, 2.45) is 53.1 Å². The Balaban J connectivity index is 1.43. The van der Waals surface area contributed by atoms with E-state index in [0.29, 0.717) is 62.0 Å². The van der Waals surface area contributed by atoms with E-state index < -0.39 is 65.9 Å². The summed E-state index contributed by atoms with van der Waals surface area (Å²) in [5, 5.41) is 12.2. The summed E-state index contributed by atoms with van der Waals surface area (Å²) in [7, 11) is 8.62. The van der Waals surface area contributed by atoms with Crippen molar-refractivity contribution in [1.82, 2.24) is 40.6 Å². The summed E-state index contributed by atoms with van der Waals surface area (Å²) >= 11 is 1.49. The van der Waals surface area contributed by atoms with Gasteiger partial charge in [0, 0.05) is 108 Å². The first kappa shape index (κ1) is 79.4. The van der Waals surface area contributed by atoms with Crippen molar-refractivity contribution in [3.63, 3.8) is 0 Å². The highest BCUT2D eigenvalue weighted by Gasteiger charge is 2.44. The number of nitrogens with zero attached hydrogens (tertiary/aromatic N) is 5. The molecule has 1 aromatic heterocycles. The van der Waals surface area contributed by atoms with E-state index in [1.54, 1.807) is 68.3 Å². The van der Waals surface area contributed by atoms with Gasteiger partial charge in [0.1, 0.15) is 22.8 Å². The Morgan fingerprint density at radius 1 is 0.766 bits per heavy atom. The molecule has 0 radical (unpaired) electrons. The van der Waals surface area contributed by atoms with E-state index in [0.717, 1.165) is 10.6 Å². The predicted molar refractivity (Wildman–Crippen MR) is 368 cm³/mol. The van der Waals surface area contributed by atoms with Gasteiger partial charge in [0.2, 0.25) is 29.5 Å². The third-order valence-electron chi connectivity index (χ3n) is 18.2. The molecule has 0 bridgehead atoms. The molecule has 4 rings (SSSR count). The predicted octanol–water partition coefficient (Wildman–Crippen LogP) is 8.70. The number of Topliss-reactive ketones (excluding diaryl/α,β-unsaturated/α-hetero) is 3. The van der Waals surface area contributed by atoms with Crippen LogP contribution in [0.3, 0.4) is 0 Å². The van der Waals surface area contributed by atoms with Crippen molar-refractivity contribution < 1.29 is 52.6 Å². The first-order chi connectivity index (χ1) is 44.6. The highest BCUT2D eigenvalue weighted by Crippen LogP contribution is 2.33. The number of thioether (sulfide) groups is 1. The number of aromatic nitrogens is 2. The van der Waals surface area contributed by atoms with Crippen LogP contribution in [0.5, 0.6) is 0 Å². The average molecular weight is 1320 g/mol. The van der Waals surface area contributed by atoms with Gasteiger partial charge in [0.25, 0.3) is 0 Å². The van der Waals surface area contributed by atoms with Gasteiger partial charge in [0.05, 0.1) is 42.8 Å². The van der Waals surface area contributed by atoms with E-state index in [-0.39, 0.29) is 129 Å². The Bertz CT molecular complexity index is 3000. The van der Waals surface area contributed by atoms with E-state index in [4.69, 9.17) is 15.2 Å². The van der Waals surface area contributed by atoms with Crippen LogP contribution < -0.4 is 27.0 Å². The molecule has 518 valence electrons. The first-order valence-corrected chi connectivity index (χ1v) is 34.6. The fraction of sp³-hybridized carbons (Fsp3) is 0.625. The number of urea groups is 1. The van der Waals surface area contributed by atoms with E-state index in [9.17, 15) is 43.2 Å². The second-order valence-corrected chi connectivity index (χ2v) is 27.2. The third-order valence-corrected chi connectivity index (χ3v) is 18.8. The van der Waals surface area contributed by atoms with Gasteiger partial charge in [-0.05, 0) is 112 Å². The Morgan fingerprint density at radius 3 is 2.04 bits per heavy atom. The maximum atomic E-state index is 14.7. The number of carbonyl (C=O) groups excluding carboxylic acids is 9. The number of hydrogen-bond donors (Lipinski definition) is 5. The topological polar surface area (TPSA) is 282 Å². The lowest BCUT2D eigenvalue weighted by atomic mass is 9.83. The number of ether oxygens (including phenoxy) is 2. The summed E-state index contributed by atoms with van der Waals surface area (Å²) in [5.41, 5.74) is 7.92. The highest BCUT2D eigenvalue weighted by atomic mass is 32.2. The standard InChI is InChI=1S/C72H108N10O11S/c1-16-48(8)67(81(12)71(90)56(45(2)3)41-60(85)66(47(6)7)80(10)11)61(92-13)42-64(87)82-36-24-29-57(82)68(93-14)49(9)58(83)39-53(37-50-25-19-17-20-26-50)69(88)75-43-51-31-33-54(34-32-51)78-70(89)52(27-23-35-74-72(73)91)38-59(84)65(46(4)5)79-62(86)30-22-18-21-28-55-40-63(94-15)77-44-76-55/h17,19-20,25-26,31-34,40,44-49,52-53,56-57,61,65-68H,16,18,22-24,27,29-30,35-39,41-43H2,1-15H3,(H,75,88)(H,78,89)(H,79,86)(H3,73,74,91)/t48-,49-,52+,53+,56-,57-,61+,65-,66-,67-,68+/m0/s1. The van der Waals surface area contributed by atoms with E-state index in [2.05, 4.69) is 43.1 Å². The molecule has 94 heavy (non-hydrogen) atoms. The summed E-state index contributed by atoms with van der Waals surface area (Å²) in [4.78, 5) is 138. The minimum absolute atomic E-state index is 0.0171. The lowest BCUT2D eigenvalue weighted by molar-refractivity contribution is -0.149. The van der Waals surface area contributed by atoms with Gasteiger partial charge >= 0.3 is 6.03 Å². The Hall–Kier alpha value is -7.06. The molecule has 1 saturated heterocycles. The molecule has 1 aliphatic heterocycles. The number of rotatable bonds is 40. The van der Waals surface area contributed by atoms with Crippen molar-refractivity contribution in [2.75, 3.05) is 60.0 Å². The van der Waals surface area contributed by atoms with Gasteiger partial charge in [-0.1, -0.05) is 117 Å². The number of carbonyl (C=O) groups is 9. The van der Waals surface area contributed by atoms with E-state index in [1.165, 1.54) is 18.1 Å². The second-order valence-electron chi connectivity index (χ2n) is 26.4. The molecule has 2 aromatic carbocycles. The zero-order valence-corrected chi connectivity index (χ0v) is 59.3. The van der Waals surface area contributed by atoms with Crippen LogP contribution in [0.1, 0.15) is 156 Å². The van der Waals surface area contributed by atoms with Crippen LogP contribution in [0.2, 0.25) is 0 Å². The normalized spacial score (nSPS) is 16.3. The van der Waals surface area contributed by atoms with Gasteiger partial charge in [-0.15, -0.1) is 11.8 Å². The number of ketones is 3. The van der Waals surface area contributed by atoms with Gasteiger partial charge in [-0.3, -0.25) is 43.3 Å². The van der Waals surface area contributed by atoms with Crippen LogP contribution in [0.4, 0.5) is 10.5 Å². The number of anilines is 1. The number of methoxy groups -OCH3 is 2. The molecule has 1 fully saturated rings. The number of likely N-dealkylation sites (N-methyl/N-ethyl adjacent to an activating group) is 2. The molecule has 2 heterocycles. The van der Waals surface area contributed by atoms with Crippen LogP contribution in [0, 0.1) is 59.2 Å². The zero-order valence-electron chi connectivity index (χ0n) is 58.5. The second kappa shape index (κ2) is 40.4. The molecule has 0 saturated carbocycles. The molecule has 22 heteroatoms. The Morgan fingerprint density at radius 2 is 1.45 bits per heavy atom. The third kappa shape index (κ3) is 24.9. The van der Waals surface area contributed by atoms with Crippen LogP contribution in [0.15, 0.2) is 72.0 Å². The van der Waals surface area contributed by atoms with Crippen LogP contribution in [-0.2, 0) is 60.8 Å². The van der Waals surface area contributed by atoms with E-state index >= 15 is 0 Å². The molecule has 11 atom stereocenters. The summed E-state index contributed by atoms with van der Waals surface area (Å²) in [6.45, 7) is 18.2. The van der Waals surface area contributed by atoms with Gasteiger partial charge in [0.15, 0.2) is 11.6 Å². The van der Waals surface area contributed by atoms with E-state index in [1.807, 2.05) is 111 Å². The summed E-state index contributed by atoms with van der Waals surface area (Å²) < 4.78 is 12.3. The van der Waals surface area contributed by atoms with Crippen LogP contribution in [0.25, 0.3) is 0 Å². The van der Waals surface area contributed by atoms with Crippen molar-refractivity contribution in [3.05, 3.63) is 83.8 Å². The average Bonchev–Trinajstić information content (AvgIpc) is 1.39. The fourth-order valence-corrected chi connectivity index (χ4v) is 13.2. The summed E-state index contributed by atoms with van der Waals surface area (Å²) in [6, 6.07) is 15.4. The SMILES string of the molecule is CC[C@H](C)[C@@H]([C@@H](CC(=O)N1CCC[C@H]1[C@H](OC)[C@@H](C)C(=O)C[C@@H](Cc1ccccc1)C(=O)NCc1ccc(NC(=O)[C@H](CCCNC(N)=O)CC(=O)[C@@H](NC(=O)CCCC#Cc2cc(SC)ncn2)C(C)C)cc1)OC)N(C)C(=O)[C@@H](CC(=O)[C@H](C(C)C)N(C)C)C(C)C. The fourth-order valence-electron chi connectivity index (χ4n) is 12.8. The van der Waals surface area contributed by atoms with Crippen molar-refractivity contribution in [3.8, 4) is 11.8 Å². The molecular weight excluding hydrogens is 1210 g/mol. The minimum Gasteiger partial charge on any atom is -0.379 e. The number of benzene rings is 2. The van der Waals surface area contributed by atoms with Gasteiger partial charge in [-0.2, -0.15) is 0 Å². The highest BCUT2D eigenvalue weighted by molar-refractivity contribution is 7.98. The smallest absolute Gasteiger partial charge is 0.312 e. The zero-order chi connectivity index (χ0) is 69.8. The molecule has 6 N–H and O–H groups in total. The molecule has 0 unspecified atom stereocenters. The summed E-state index contributed by atoms with van der Waals surface area (Å²) in [6.07, 6.45) is 5.74. The first-order valence-electron chi connectivity index (χ1n) is 33.4. The van der Waals surface area contributed by atoms with Crippen molar-refractivity contribution >= 4 is 70.4 Å². The molecular formula is C72H108N10O11S. The molecule has 0 aliphatic carbocycles. The minimum atomic E-state index is -0.848. The molecule has 1 aliphatic rings. The van der Waals surface area contributed by atoms with Gasteiger partial charge < -0.3 is 46.3 Å². The Kier molecular flexibility index (Phi) is 34.1.